The van der Waals surface area contributed by atoms with Crippen molar-refractivity contribution in [3.63, 3.8) is 0 Å². The molecule has 7 nitrogen and oxygen atoms in total. The fourth-order valence-corrected chi connectivity index (χ4v) is 1.49. The number of aliphatic hydroxyl groups is 1. The number of ether oxygens (including phenoxy) is 1. The van der Waals surface area contributed by atoms with Crippen molar-refractivity contribution in [2.24, 2.45) is 0 Å². The van der Waals surface area contributed by atoms with E-state index in [1.165, 1.54) is 32.2 Å². The summed E-state index contributed by atoms with van der Waals surface area (Å²) in [5, 5.41) is 22.7. The summed E-state index contributed by atoms with van der Waals surface area (Å²) in [6.45, 7) is 1.63. The first-order valence-electron chi connectivity index (χ1n) is 5.75. The van der Waals surface area contributed by atoms with E-state index in [1.54, 1.807) is 0 Å². The number of aliphatic hydroxyl groups excluding tert-OH is 1. The minimum absolute atomic E-state index is 0.116. The van der Waals surface area contributed by atoms with Gasteiger partial charge in [0, 0.05) is 24.7 Å². The molecule has 0 saturated heterocycles. The Morgan fingerprint density at radius 3 is 2.79 bits per heavy atom. The van der Waals surface area contributed by atoms with Crippen LogP contribution < -0.4 is 10.1 Å². The first-order valence-corrected chi connectivity index (χ1v) is 5.75. The number of benzene rings is 1. The quantitative estimate of drug-likeness (QED) is 0.595. The Balaban J connectivity index is 2.82. The van der Waals surface area contributed by atoms with Gasteiger partial charge in [-0.2, -0.15) is 0 Å². The number of carbonyl (C=O) groups is 1. The molecule has 0 bridgehead atoms. The molecule has 0 heterocycles. The second kappa shape index (κ2) is 6.69. The number of hydrogen-bond acceptors (Lipinski definition) is 5. The average Bonchev–Trinajstić information content (AvgIpc) is 2.38. The molecule has 0 aliphatic rings. The van der Waals surface area contributed by atoms with Gasteiger partial charge in [-0.05, 0) is 13.0 Å². The van der Waals surface area contributed by atoms with Crippen LogP contribution in [0.15, 0.2) is 18.2 Å². The first-order chi connectivity index (χ1) is 8.95. The number of rotatable bonds is 6. The van der Waals surface area contributed by atoms with Crippen LogP contribution in [-0.2, 0) is 4.79 Å². The summed E-state index contributed by atoms with van der Waals surface area (Å²) in [6, 6.07) is 3.98. The average molecular weight is 268 g/mol. The van der Waals surface area contributed by atoms with Gasteiger partial charge in [-0.3, -0.25) is 14.9 Å². The SMILES string of the molecule is CNC(=O)CCOc1ccc([N+](=O)[O-])cc1[C@H](C)O. The Hall–Kier alpha value is -2.15. The van der Waals surface area contributed by atoms with Crippen molar-refractivity contribution in [1.82, 2.24) is 5.32 Å². The Kier molecular flexibility index (Phi) is 5.25. The number of nitrogens with zero attached hydrogens (tertiary/aromatic N) is 1. The Morgan fingerprint density at radius 1 is 1.58 bits per heavy atom. The summed E-state index contributed by atoms with van der Waals surface area (Å²) in [5.74, 6) is 0.171. The van der Waals surface area contributed by atoms with E-state index in [0.717, 1.165) is 0 Å². The maximum absolute atomic E-state index is 11.0. The van der Waals surface area contributed by atoms with E-state index in [-0.39, 0.29) is 24.6 Å². The Bertz CT molecular complexity index is 473. The Morgan fingerprint density at radius 2 is 2.26 bits per heavy atom. The predicted octanol–water partition coefficient (Wildman–Crippen LogP) is 1.16. The van der Waals surface area contributed by atoms with Crippen LogP contribution >= 0.6 is 0 Å². The van der Waals surface area contributed by atoms with Gasteiger partial charge in [0.2, 0.25) is 5.91 Å². The topological polar surface area (TPSA) is 102 Å². The van der Waals surface area contributed by atoms with E-state index in [2.05, 4.69) is 5.32 Å². The second-order valence-corrected chi connectivity index (χ2v) is 3.93. The molecule has 104 valence electrons. The highest BCUT2D eigenvalue weighted by Crippen LogP contribution is 2.29. The summed E-state index contributed by atoms with van der Waals surface area (Å²) in [5.41, 5.74) is 0.209. The van der Waals surface area contributed by atoms with E-state index in [0.29, 0.717) is 11.3 Å². The summed E-state index contributed by atoms with van der Waals surface area (Å²) in [6.07, 6.45) is -0.720. The van der Waals surface area contributed by atoms with Crippen LogP contribution in [0.1, 0.15) is 25.0 Å². The lowest BCUT2D eigenvalue weighted by Crippen LogP contribution is -2.20. The minimum atomic E-state index is -0.894. The van der Waals surface area contributed by atoms with Crippen LogP contribution in [0.4, 0.5) is 5.69 Å². The Labute approximate surface area is 110 Å². The van der Waals surface area contributed by atoms with E-state index in [9.17, 15) is 20.0 Å². The molecule has 1 aromatic carbocycles. The fraction of sp³-hybridized carbons (Fsp3) is 0.417. The zero-order valence-corrected chi connectivity index (χ0v) is 10.8. The first kappa shape index (κ1) is 14.9. The molecule has 1 aromatic rings. The van der Waals surface area contributed by atoms with Crippen molar-refractivity contribution in [3.05, 3.63) is 33.9 Å². The molecule has 2 N–H and O–H groups in total. The highest BCUT2D eigenvalue weighted by atomic mass is 16.6. The number of amides is 1. The molecule has 0 saturated carbocycles. The molecule has 1 amide bonds. The highest BCUT2D eigenvalue weighted by molar-refractivity contribution is 5.75. The molecule has 7 heteroatoms. The third-order valence-electron chi connectivity index (χ3n) is 2.52. The molecule has 1 atom stereocenters. The number of nitrogens with one attached hydrogen (secondary N) is 1. The number of nitro benzene ring substituents is 1. The molecule has 0 aliphatic carbocycles. The molecule has 19 heavy (non-hydrogen) atoms. The molecular formula is C12H16N2O5. The van der Waals surface area contributed by atoms with Gasteiger partial charge in [-0.25, -0.2) is 0 Å². The third kappa shape index (κ3) is 4.22. The van der Waals surface area contributed by atoms with Gasteiger partial charge in [-0.1, -0.05) is 0 Å². The van der Waals surface area contributed by atoms with Gasteiger partial charge in [-0.15, -0.1) is 0 Å². The summed E-state index contributed by atoms with van der Waals surface area (Å²) in [7, 11) is 1.52. The number of carbonyl (C=O) groups excluding carboxylic acids is 1. The zero-order valence-electron chi connectivity index (χ0n) is 10.8. The van der Waals surface area contributed by atoms with Crippen molar-refractivity contribution < 1.29 is 19.6 Å². The fourth-order valence-electron chi connectivity index (χ4n) is 1.49. The largest absolute Gasteiger partial charge is 0.493 e. The molecule has 0 aromatic heterocycles. The molecule has 1 rings (SSSR count). The van der Waals surface area contributed by atoms with Gasteiger partial charge in [0.05, 0.1) is 24.1 Å². The lowest BCUT2D eigenvalue weighted by molar-refractivity contribution is -0.385. The maximum Gasteiger partial charge on any atom is 0.270 e. The summed E-state index contributed by atoms with van der Waals surface area (Å²) >= 11 is 0. The van der Waals surface area contributed by atoms with Crippen LogP contribution in [-0.4, -0.2) is 29.6 Å². The molecule has 0 radical (unpaired) electrons. The van der Waals surface area contributed by atoms with Crippen LogP contribution in [0.5, 0.6) is 5.75 Å². The van der Waals surface area contributed by atoms with E-state index >= 15 is 0 Å². The monoisotopic (exact) mass is 268 g/mol. The predicted molar refractivity (Wildman–Crippen MR) is 67.9 cm³/mol. The van der Waals surface area contributed by atoms with Crippen LogP contribution in [0.3, 0.4) is 0 Å². The lowest BCUT2D eigenvalue weighted by Gasteiger charge is -2.13. The molecule has 0 unspecified atom stereocenters. The maximum atomic E-state index is 11.0. The minimum Gasteiger partial charge on any atom is -0.493 e. The third-order valence-corrected chi connectivity index (χ3v) is 2.52. The van der Waals surface area contributed by atoms with Gasteiger partial charge in [0.1, 0.15) is 5.75 Å². The number of hydrogen-bond donors (Lipinski definition) is 2. The van der Waals surface area contributed by atoms with Crippen molar-refractivity contribution in [3.8, 4) is 5.75 Å². The van der Waals surface area contributed by atoms with Crippen LogP contribution in [0.2, 0.25) is 0 Å². The van der Waals surface area contributed by atoms with Gasteiger partial charge in [0.15, 0.2) is 0 Å². The molecule has 0 aliphatic heterocycles. The van der Waals surface area contributed by atoms with Crippen molar-refractivity contribution in [1.29, 1.82) is 0 Å². The van der Waals surface area contributed by atoms with Crippen LogP contribution in [0.25, 0.3) is 0 Å². The molecule has 0 spiro atoms. The van der Waals surface area contributed by atoms with Gasteiger partial charge in [0.25, 0.3) is 5.69 Å². The zero-order chi connectivity index (χ0) is 14.4. The highest BCUT2D eigenvalue weighted by Gasteiger charge is 2.15. The number of non-ortho nitro benzene ring substituents is 1. The molecular weight excluding hydrogens is 252 g/mol. The van der Waals surface area contributed by atoms with E-state index < -0.39 is 11.0 Å². The smallest absolute Gasteiger partial charge is 0.270 e. The van der Waals surface area contributed by atoms with Gasteiger partial charge >= 0.3 is 0 Å². The van der Waals surface area contributed by atoms with Crippen molar-refractivity contribution in [2.75, 3.05) is 13.7 Å². The van der Waals surface area contributed by atoms with E-state index in [4.69, 9.17) is 4.74 Å². The van der Waals surface area contributed by atoms with Crippen LogP contribution in [0, 0.1) is 10.1 Å². The summed E-state index contributed by atoms with van der Waals surface area (Å²) < 4.78 is 5.36. The lowest BCUT2D eigenvalue weighted by atomic mass is 10.1. The number of nitro groups is 1. The van der Waals surface area contributed by atoms with Crippen molar-refractivity contribution >= 4 is 11.6 Å². The van der Waals surface area contributed by atoms with Crippen molar-refractivity contribution in [2.45, 2.75) is 19.4 Å². The molecule has 0 fully saturated rings. The van der Waals surface area contributed by atoms with Gasteiger partial charge < -0.3 is 15.2 Å². The van der Waals surface area contributed by atoms with E-state index in [1.807, 2.05) is 0 Å². The summed E-state index contributed by atoms with van der Waals surface area (Å²) in [4.78, 5) is 21.2. The second-order valence-electron chi connectivity index (χ2n) is 3.93. The standard InChI is InChI=1S/C12H16N2O5/c1-8(15)10-7-9(14(17)18)3-4-11(10)19-6-5-12(16)13-2/h3-4,7-8,15H,5-6H2,1-2H3,(H,13,16)/t8-/m0/s1. The normalized spacial score (nSPS) is 11.7.